The van der Waals surface area contributed by atoms with Crippen molar-refractivity contribution in [1.29, 1.82) is 0 Å². The fourth-order valence-corrected chi connectivity index (χ4v) is 6.71. The second kappa shape index (κ2) is 13.6. The lowest BCUT2D eigenvalue weighted by atomic mass is 10.4. The maximum atomic E-state index is 12.4. The molecule has 0 unspecified atom stereocenters. The number of carbonyl (C=O) groups excluding carboxylic acids is 6. The Morgan fingerprint density at radius 3 is 1.17 bits per heavy atom. The van der Waals surface area contributed by atoms with Crippen molar-refractivity contribution in [3.63, 3.8) is 0 Å². The molecule has 36 heavy (non-hydrogen) atoms. The number of hydrogen-bond donors (Lipinski definition) is 4. The van der Waals surface area contributed by atoms with E-state index in [1.165, 1.54) is 48.6 Å². The Labute approximate surface area is 205 Å². The van der Waals surface area contributed by atoms with Crippen LogP contribution in [-0.2, 0) is 19.2 Å². The second-order valence-corrected chi connectivity index (χ2v) is 11.9. The molecule has 14 nitrogen and oxygen atoms in total. The highest BCUT2D eigenvalue weighted by Crippen LogP contribution is 2.04. The zero-order chi connectivity index (χ0) is 26.3. The average molecular weight is 523 g/mol. The molecule has 0 aliphatic carbocycles. The van der Waals surface area contributed by atoms with Crippen molar-refractivity contribution in [3.05, 3.63) is 60.7 Å². The van der Waals surface area contributed by atoms with Crippen LogP contribution in [0.3, 0.4) is 0 Å². The van der Waals surface area contributed by atoms with E-state index < -0.39 is 29.2 Å². The molecule has 0 heterocycles. The maximum Gasteiger partial charge on any atom is 0.474 e. The minimum Gasteiger partial charge on any atom is -0.337 e. The Hall–Kier alpha value is -5.07. The molecule has 0 saturated carbocycles. The minimum absolute atomic E-state index is 0.109. The summed E-state index contributed by atoms with van der Waals surface area (Å²) in [4.78, 5) is 73.5. The molecular formula is C20H18N8O6Si2. The molecule has 0 spiro atoms. The summed E-state index contributed by atoms with van der Waals surface area (Å²) in [5, 5.41) is 5.52. The predicted molar refractivity (Wildman–Crippen MR) is 129 cm³/mol. The summed E-state index contributed by atoms with van der Waals surface area (Å²) < 4.78 is 14.4. The van der Waals surface area contributed by atoms with Gasteiger partial charge in [0.2, 0.25) is 24.3 Å². The van der Waals surface area contributed by atoms with Gasteiger partial charge in [0, 0.05) is 23.5 Å². The largest absolute Gasteiger partial charge is 0.474 e. The van der Waals surface area contributed by atoms with Crippen LogP contribution in [0.4, 0.5) is 9.59 Å². The zero-order valence-corrected chi connectivity index (χ0v) is 20.4. The molecule has 2 rings (SSSR count). The Morgan fingerprint density at radius 2 is 0.889 bits per heavy atom. The topological polar surface area (TPSA) is 200 Å². The van der Waals surface area contributed by atoms with Crippen LogP contribution >= 0.6 is 0 Å². The summed E-state index contributed by atoms with van der Waals surface area (Å²) in [7, 11) is -7.71. The van der Waals surface area contributed by atoms with Gasteiger partial charge in [-0.2, -0.15) is 18.6 Å². The normalized spacial score (nSPS) is 12.8. The molecule has 4 N–H and O–H groups in total. The maximum absolute atomic E-state index is 12.4. The lowest BCUT2D eigenvalue weighted by Gasteiger charge is -2.21. The van der Waals surface area contributed by atoms with Crippen LogP contribution in [0.15, 0.2) is 79.3 Å². The predicted octanol–water partition coefficient (Wildman–Crippen LogP) is -1.38. The van der Waals surface area contributed by atoms with Gasteiger partial charge in [-0.1, -0.05) is 60.7 Å². The second-order valence-electron chi connectivity index (χ2n) is 6.65. The Bertz CT molecular complexity index is 1130. The fourth-order valence-electron chi connectivity index (χ4n) is 2.93. The smallest absolute Gasteiger partial charge is 0.337 e. The van der Waals surface area contributed by atoms with E-state index in [4.69, 9.17) is 0 Å². The van der Waals surface area contributed by atoms with E-state index in [2.05, 4.69) is 39.2 Å². The number of urea groups is 2. The number of isocyanates is 4. The standard InChI is InChI=1S/C20H18N8O6Si2/c29-13-23-35(24-14-30,17-7-3-1-4-8-17)27-19(33)21-11-12-22-20(34)28-36(25-15-31,26-16-32)18-9-5-2-6-10-18/h1-10H,11-12H2,(H2,21,27,33)(H2,22,28,34). The van der Waals surface area contributed by atoms with Crippen molar-refractivity contribution in [3.8, 4) is 0 Å². The van der Waals surface area contributed by atoms with Crippen LogP contribution in [0, 0.1) is 0 Å². The Balaban J connectivity index is 2.02. The highest BCUT2D eigenvalue weighted by Gasteiger charge is 2.41. The molecule has 4 amide bonds. The van der Waals surface area contributed by atoms with Gasteiger partial charge < -0.3 is 20.6 Å². The van der Waals surface area contributed by atoms with Gasteiger partial charge in [-0.05, 0) is 0 Å². The number of nitrogens with one attached hydrogen (secondary N) is 4. The molecule has 0 radical (unpaired) electrons. The summed E-state index contributed by atoms with van der Waals surface area (Å²) in [6.07, 6.45) is 5.29. The molecule has 0 aliphatic rings. The summed E-state index contributed by atoms with van der Waals surface area (Å²) in [6.45, 7) is -0.218. The molecule has 16 heteroatoms. The van der Waals surface area contributed by atoms with Crippen molar-refractivity contribution in [2.45, 2.75) is 0 Å². The monoisotopic (exact) mass is 522 g/mol. The molecule has 2 aromatic carbocycles. The van der Waals surface area contributed by atoms with Gasteiger partial charge in [0.1, 0.15) is 0 Å². The number of carbonyl (C=O) groups is 2. The third kappa shape index (κ3) is 7.22. The van der Waals surface area contributed by atoms with Crippen LogP contribution in [0.5, 0.6) is 0 Å². The van der Waals surface area contributed by atoms with E-state index in [1.54, 1.807) is 36.4 Å². The summed E-state index contributed by atoms with van der Waals surface area (Å²) in [6, 6.07) is 14.3. The lowest BCUT2D eigenvalue weighted by molar-refractivity contribution is 0.241. The number of amides is 4. The third-order valence-corrected chi connectivity index (χ3v) is 9.54. The molecule has 0 atom stereocenters. The lowest BCUT2D eigenvalue weighted by Crippen LogP contribution is -2.63. The summed E-state index contributed by atoms with van der Waals surface area (Å²) in [5.74, 6) is 0. The molecule has 0 saturated heterocycles. The fraction of sp³-hybridized carbons (Fsp3) is 0.100. The van der Waals surface area contributed by atoms with Crippen molar-refractivity contribution in [2.24, 2.45) is 18.6 Å². The first kappa shape index (κ1) is 27.2. The van der Waals surface area contributed by atoms with Crippen LogP contribution in [0.1, 0.15) is 0 Å². The molecule has 0 aromatic heterocycles. The van der Waals surface area contributed by atoms with Crippen molar-refractivity contribution in [2.75, 3.05) is 13.1 Å². The number of hydrogen-bond acceptors (Lipinski definition) is 10. The van der Waals surface area contributed by atoms with Crippen molar-refractivity contribution >= 4 is 63.9 Å². The minimum atomic E-state index is -3.86. The summed E-state index contributed by atoms with van der Waals surface area (Å²) >= 11 is 0. The molecular weight excluding hydrogens is 504 g/mol. The van der Waals surface area contributed by atoms with E-state index in [1.807, 2.05) is 0 Å². The summed E-state index contributed by atoms with van der Waals surface area (Å²) in [5.41, 5.74) is 0. The van der Waals surface area contributed by atoms with Gasteiger partial charge in [-0.3, -0.25) is 0 Å². The van der Waals surface area contributed by atoms with E-state index in [0.717, 1.165) is 0 Å². The third-order valence-electron chi connectivity index (χ3n) is 4.45. The first-order valence-corrected chi connectivity index (χ1v) is 13.8. The molecule has 0 bridgehead atoms. The Kier molecular flexibility index (Phi) is 10.3. The van der Waals surface area contributed by atoms with Crippen molar-refractivity contribution in [1.82, 2.24) is 20.6 Å². The first-order valence-electron chi connectivity index (χ1n) is 10.0. The van der Waals surface area contributed by atoms with Crippen molar-refractivity contribution < 1.29 is 28.8 Å². The highest BCUT2D eigenvalue weighted by molar-refractivity contribution is 6.90. The zero-order valence-electron chi connectivity index (χ0n) is 18.4. The Morgan fingerprint density at radius 1 is 0.583 bits per heavy atom. The molecule has 182 valence electrons. The quantitative estimate of drug-likeness (QED) is 0.121. The van der Waals surface area contributed by atoms with E-state index >= 15 is 0 Å². The van der Waals surface area contributed by atoms with Gasteiger partial charge in [0.25, 0.3) is 0 Å². The van der Waals surface area contributed by atoms with E-state index in [9.17, 15) is 28.8 Å². The molecule has 2 aromatic rings. The molecule has 0 fully saturated rings. The van der Waals surface area contributed by atoms with Crippen LogP contribution in [0.2, 0.25) is 0 Å². The molecule has 0 aliphatic heterocycles. The van der Waals surface area contributed by atoms with Crippen LogP contribution < -0.4 is 31.0 Å². The van der Waals surface area contributed by atoms with Gasteiger partial charge >= 0.3 is 29.2 Å². The SMILES string of the molecule is O=C=N[Si](N=C=O)(NC(=O)NCCNC(=O)N[Si](N=C=O)(N=C=O)c1ccccc1)c1ccccc1. The number of rotatable bonds is 11. The van der Waals surface area contributed by atoms with Gasteiger partial charge in [-0.25, -0.2) is 28.8 Å². The van der Waals surface area contributed by atoms with E-state index in [0.29, 0.717) is 10.4 Å². The van der Waals surface area contributed by atoms with Gasteiger partial charge in [0.15, 0.2) is 0 Å². The highest BCUT2D eigenvalue weighted by atomic mass is 28.4. The number of nitrogens with zero attached hydrogens (tertiary/aromatic N) is 4. The number of benzene rings is 2. The van der Waals surface area contributed by atoms with Crippen LogP contribution in [0.25, 0.3) is 0 Å². The van der Waals surface area contributed by atoms with Gasteiger partial charge in [-0.15, -0.1) is 0 Å². The van der Waals surface area contributed by atoms with Crippen LogP contribution in [-0.4, -0.2) is 66.6 Å². The average Bonchev–Trinajstić information content (AvgIpc) is 2.88. The first-order chi connectivity index (χ1) is 17.4. The van der Waals surface area contributed by atoms with E-state index in [-0.39, 0.29) is 13.1 Å². The van der Waals surface area contributed by atoms with Gasteiger partial charge in [0.05, 0.1) is 0 Å².